The van der Waals surface area contributed by atoms with Crippen LogP contribution in [0.3, 0.4) is 0 Å². The number of halogens is 1. The van der Waals surface area contributed by atoms with Crippen LogP contribution in [0.5, 0.6) is 0 Å². The topological polar surface area (TPSA) is 75.3 Å². The first-order chi connectivity index (χ1) is 14.8. The fourth-order valence-corrected chi connectivity index (χ4v) is 4.47. The van der Waals surface area contributed by atoms with Gasteiger partial charge in [-0.2, -0.15) is 0 Å². The van der Waals surface area contributed by atoms with Crippen LogP contribution in [0.1, 0.15) is 15.9 Å². The van der Waals surface area contributed by atoms with Crippen molar-refractivity contribution in [1.29, 1.82) is 0 Å². The summed E-state index contributed by atoms with van der Waals surface area (Å²) >= 11 is 6.24. The van der Waals surface area contributed by atoms with E-state index in [4.69, 9.17) is 11.6 Å². The van der Waals surface area contributed by atoms with Crippen molar-refractivity contribution in [3.8, 4) is 0 Å². The maximum atomic E-state index is 12.9. The molecule has 2 N–H and O–H groups in total. The molecule has 0 aromatic heterocycles. The molecule has 0 heterocycles. The van der Waals surface area contributed by atoms with Gasteiger partial charge in [-0.3, -0.25) is 9.52 Å². The molecule has 4 aromatic rings. The van der Waals surface area contributed by atoms with Gasteiger partial charge in [0.1, 0.15) is 0 Å². The fourth-order valence-electron chi connectivity index (χ4n) is 3.22. The Hall–Kier alpha value is -3.35. The lowest BCUT2D eigenvalue weighted by Gasteiger charge is -2.12. The van der Waals surface area contributed by atoms with E-state index in [2.05, 4.69) is 10.0 Å². The third-order valence-corrected chi connectivity index (χ3v) is 6.56. The first-order valence-electron chi connectivity index (χ1n) is 9.52. The number of hydrogen-bond acceptors (Lipinski definition) is 3. The van der Waals surface area contributed by atoms with Gasteiger partial charge in [-0.15, -0.1) is 0 Å². The molecule has 0 saturated carbocycles. The van der Waals surface area contributed by atoms with Crippen molar-refractivity contribution in [3.05, 3.63) is 101 Å². The average molecular weight is 451 g/mol. The molecule has 4 rings (SSSR count). The molecule has 1 amide bonds. The van der Waals surface area contributed by atoms with Crippen molar-refractivity contribution in [1.82, 2.24) is 0 Å². The standard InChI is InChI=1S/C24H19ClN2O3S/c1-16-9-12-19(13-10-16)31(29,30)27-18-11-14-22(25)21(15-18)24(28)26-23-8-4-6-17-5-2-3-7-20(17)23/h2-15,27H,1H3,(H,26,28). The summed E-state index contributed by atoms with van der Waals surface area (Å²) in [5.41, 5.74) is 2.01. The summed E-state index contributed by atoms with van der Waals surface area (Å²) in [4.78, 5) is 13.1. The quantitative estimate of drug-likeness (QED) is 0.400. The van der Waals surface area contributed by atoms with Crippen molar-refractivity contribution in [2.45, 2.75) is 11.8 Å². The predicted molar refractivity (Wildman–Crippen MR) is 125 cm³/mol. The predicted octanol–water partition coefficient (Wildman–Crippen LogP) is 5.85. The van der Waals surface area contributed by atoms with Crippen LogP contribution in [0.2, 0.25) is 5.02 Å². The van der Waals surface area contributed by atoms with E-state index in [-0.39, 0.29) is 21.2 Å². The summed E-state index contributed by atoms with van der Waals surface area (Å²) in [6, 6.07) is 24.2. The first-order valence-corrected chi connectivity index (χ1v) is 11.4. The highest BCUT2D eigenvalue weighted by atomic mass is 35.5. The van der Waals surface area contributed by atoms with Crippen LogP contribution in [0.25, 0.3) is 10.8 Å². The Labute approximate surface area is 185 Å². The number of rotatable bonds is 5. The second-order valence-corrected chi connectivity index (χ2v) is 9.18. The lowest BCUT2D eigenvalue weighted by Crippen LogP contribution is -2.15. The number of nitrogens with one attached hydrogen (secondary N) is 2. The Morgan fingerprint density at radius 1 is 0.871 bits per heavy atom. The smallest absolute Gasteiger partial charge is 0.261 e. The average Bonchev–Trinajstić information content (AvgIpc) is 2.75. The first kappa shape index (κ1) is 20.9. The van der Waals surface area contributed by atoms with E-state index in [9.17, 15) is 13.2 Å². The zero-order chi connectivity index (χ0) is 22.0. The van der Waals surface area contributed by atoms with Crippen LogP contribution in [0, 0.1) is 6.92 Å². The molecule has 0 aliphatic carbocycles. The maximum absolute atomic E-state index is 12.9. The lowest BCUT2D eigenvalue weighted by atomic mass is 10.1. The zero-order valence-corrected chi connectivity index (χ0v) is 18.2. The number of carbonyl (C=O) groups is 1. The maximum Gasteiger partial charge on any atom is 0.261 e. The van der Waals surface area contributed by atoms with E-state index < -0.39 is 15.9 Å². The van der Waals surface area contributed by atoms with E-state index >= 15 is 0 Å². The van der Waals surface area contributed by atoms with Gasteiger partial charge >= 0.3 is 0 Å². The highest BCUT2D eigenvalue weighted by molar-refractivity contribution is 7.92. The molecule has 0 spiro atoms. The second-order valence-electron chi connectivity index (χ2n) is 7.09. The van der Waals surface area contributed by atoms with Gasteiger partial charge < -0.3 is 5.32 Å². The number of fused-ring (bicyclic) bond motifs is 1. The van der Waals surface area contributed by atoms with Gasteiger partial charge in [-0.25, -0.2) is 8.42 Å². The van der Waals surface area contributed by atoms with Crippen molar-refractivity contribution >= 4 is 49.7 Å². The normalized spacial score (nSPS) is 11.3. The molecule has 4 aromatic carbocycles. The van der Waals surface area contributed by atoms with E-state index in [1.54, 1.807) is 18.2 Å². The second kappa shape index (κ2) is 8.41. The van der Waals surface area contributed by atoms with Gasteiger partial charge in [0.05, 0.1) is 15.5 Å². The summed E-state index contributed by atoms with van der Waals surface area (Å²) in [6.45, 7) is 1.88. The Bertz CT molecular complexity index is 1380. The fraction of sp³-hybridized carbons (Fsp3) is 0.0417. The van der Waals surface area contributed by atoms with Crippen LogP contribution < -0.4 is 10.0 Å². The summed E-state index contributed by atoms with van der Waals surface area (Å²) in [6.07, 6.45) is 0. The minimum Gasteiger partial charge on any atom is -0.321 e. The molecule has 0 aliphatic rings. The molecular formula is C24H19ClN2O3S. The highest BCUT2D eigenvalue weighted by Gasteiger charge is 2.17. The molecule has 5 nitrogen and oxygen atoms in total. The third kappa shape index (κ3) is 4.55. The van der Waals surface area contributed by atoms with Gasteiger partial charge in [0, 0.05) is 16.8 Å². The number of amides is 1. The van der Waals surface area contributed by atoms with Gasteiger partial charge in [-0.1, -0.05) is 65.7 Å². The zero-order valence-electron chi connectivity index (χ0n) is 16.6. The lowest BCUT2D eigenvalue weighted by molar-refractivity contribution is 0.102. The molecule has 0 aliphatic heterocycles. The van der Waals surface area contributed by atoms with Crippen molar-refractivity contribution in [3.63, 3.8) is 0 Å². The Balaban J connectivity index is 1.61. The summed E-state index contributed by atoms with van der Waals surface area (Å²) in [5.74, 6) is -0.433. The van der Waals surface area contributed by atoms with E-state index in [0.717, 1.165) is 16.3 Å². The molecule has 0 unspecified atom stereocenters. The van der Waals surface area contributed by atoms with E-state index in [1.165, 1.54) is 30.3 Å². The summed E-state index contributed by atoms with van der Waals surface area (Å²) < 4.78 is 27.8. The van der Waals surface area contributed by atoms with Crippen LogP contribution in [0.15, 0.2) is 89.8 Å². The van der Waals surface area contributed by atoms with Crippen LogP contribution in [0.4, 0.5) is 11.4 Å². The minimum atomic E-state index is -3.80. The van der Waals surface area contributed by atoms with Gasteiger partial charge in [0.15, 0.2) is 0 Å². The number of anilines is 2. The van der Waals surface area contributed by atoms with Crippen molar-refractivity contribution < 1.29 is 13.2 Å². The largest absolute Gasteiger partial charge is 0.321 e. The number of sulfonamides is 1. The van der Waals surface area contributed by atoms with Crippen molar-refractivity contribution in [2.75, 3.05) is 10.0 Å². The third-order valence-electron chi connectivity index (χ3n) is 4.83. The van der Waals surface area contributed by atoms with Crippen LogP contribution in [-0.2, 0) is 10.0 Å². The summed E-state index contributed by atoms with van der Waals surface area (Å²) in [5, 5.41) is 4.97. The molecular weight excluding hydrogens is 432 g/mol. The van der Waals surface area contributed by atoms with Gasteiger partial charge in [0.25, 0.3) is 15.9 Å². The molecule has 156 valence electrons. The molecule has 0 saturated heterocycles. The molecule has 0 bridgehead atoms. The Morgan fingerprint density at radius 3 is 2.35 bits per heavy atom. The summed E-state index contributed by atoms with van der Waals surface area (Å²) in [7, 11) is -3.80. The SMILES string of the molecule is Cc1ccc(S(=O)(=O)Nc2ccc(Cl)c(C(=O)Nc3cccc4ccccc34)c2)cc1. The number of carbonyl (C=O) groups excluding carboxylic acids is 1. The Kier molecular flexibility index (Phi) is 5.67. The molecule has 31 heavy (non-hydrogen) atoms. The molecule has 7 heteroatoms. The van der Waals surface area contributed by atoms with Gasteiger partial charge in [-0.05, 0) is 48.7 Å². The minimum absolute atomic E-state index is 0.134. The number of hydrogen-bond donors (Lipinski definition) is 2. The van der Waals surface area contributed by atoms with Gasteiger partial charge in [0.2, 0.25) is 0 Å². The van der Waals surface area contributed by atoms with E-state index in [0.29, 0.717) is 5.69 Å². The number of benzene rings is 4. The molecule has 0 radical (unpaired) electrons. The molecule has 0 atom stereocenters. The van der Waals surface area contributed by atoms with Crippen molar-refractivity contribution in [2.24, 2.45) is 0 Å². The highest BCUT2D eigenvalue weighted by Crippen LogP contribution is 2.27. The molecule has 0 fully saturated rings. The van der Waals surface area contributed by atoms with Crippen LogP contribution >= 0.6 is 11.6 Å². The van der Waals surface area contributed by atoms with E-state index in [1.807, 2.05) is 43.3 Å². The van der Waals surface area contributed by atoms with Crippen LogP contribution in [-0.4, -0.2) is 14.3 Å². The number of aryl methyl sites for hydroxylation is 1. The Morgan fingerprint density at radius 2 is 1.58 bits per heavy atom. The monoisotopic (exact) mass is 450 g/mol.